The molecule has 12 heteroatoms. The molecule has 1 heterocycles. The van der Waals surface area contributed by atoms with Gasteiger partial charge >= 0.3 is 5.97 Å². The van der Waals surface area contributed by atoms with Crippen LogP contribution in [-0.2, 0) is 25.0 Å². The fourth-order valence-corrected chi connectivity index (χ4v) is 6.71. The average molecular weight is 629 g/mol. The van der Waals surface area contributed by atoms with E-state index in [9.17, 15) is 18.0 Å². The molecule has 1 aliphatic rings. The molecule has 1 amide bonds. The summed E-state index contributed by atoms with van der Waals surface area (Å²) < 4.78 is 30.1. The van der Waals surface area contributed by atoms with Crippen molar-refractivity contribution in [3.05, 3.63) is 65.7 Å². The number of carboxylic acids is 1. The molecule has 44 heavy (non-hydrogen) atoms. The summed E-state index contributed by atoms with van der Waals surface area (Å²) in [6.45, 7) is 7.69. The number of nitrogens with one attached hydrogen (secondary N) is 1. The lowest BCUT2D eigenvalue weighted by molar-refractivity contribution is -0.137. The molecule has 0 saturated carbocycles. The van der Waals surface area contributed by atoms with E-state index >= 15 is 0 Å². The Labute approximate surface area is 261 Å². The second kappa shape index (κ2) is 16.6. The predicted molar refractivity (Wildman–Crippen MR) is 173 cm³/mol. The van der Waals surface area contributed by atoms with E-state index in [2.05, 4.69) is 28.5 Å². The Kier molecular flexibility index (Phi) is 13.2. The van der Waals surface area contributed by atoms with Crippen molar-refractivity contribution in [2.75, 3.05) is 39.3 Å². The second-order valence-corrected chi connectivity index (χ2v) is 13.6. The average Bonchev–Trinajstić information content (AvgIpc) is 3.00. The zero-order chi connectivity index (χ0) is 32.2. The Balaban J connectivity index is 1.67. The molecule has 2 aromatic rings. The van der Waals surface area contributed by atoms with Crippen molar-refractivity contribution >= 4 is 27.9 Å². The second-order valence-electron chi connectivity index (χ2n) is 11.9. The summed E-state index contributed by atoms with van der Waals surface area (Å²) in [6.07, 6.45) is 4.40. The largest absolute Gasteiger partial charge is 0.481 e. The van der Waals surface area contributed by atoms with E-state index in [4.69, 9.17) is 16.6 Å². The first kappa shape index (κ1) is 35.0. The number of unbranched alkanes of at least 4 members (excludes halogenated alkanes) is 3. The van der Waals surface area contributed by atoms with Crippen LogP contribution < -0.4 is 16.2 Å². The van der Waals surface area contributed by atoms with Gasteiger partial charge in [0.15, 0.2) is 5.96 Å². The normalized spacial score (nSPS) is 15.1. The summed E-state index contributed by atoms with van der Waals surface area (Å²) in [7, 11) is -4.03. The molecule has 11 nitrogen and oxygen atoms in total. The van der Waals surface area contributed by atoms with E-state index in [1.165, 1.54) is 0 Å². The van der Waals surface area contributed by atoms with Gasteiger partial charge in [0.1, 0.15) is 6.04 Å². The van der Waals surface area contributed by atoms with Gasteiger partial charge in [-0.15, -0.1) is 0 Å². The summed E-state index contributed by atoms with van der Waals surface area (Å²) in [4.78, 5) is 32.5. The molecule has 242 valence electrons. The molecule has 2 aromatic carbocycles. The van der Waals surface area contributed by atoms with Crippen LogP contribution in [0.25, 0.3) is 0 Å². The van der Waals surface area contributed by atoms with Crippen LogP contribution in [0, 0.1) is 0 Å². The van der Waals surface area contributed by atoms with Gasteiger partial charge in [-0.25, -0.2) is 8.42 Å². The molecule has 0 aliphatic carbocycles. The highest BCUT2D eigenvalue weighted by atomic mass is 32.2. The zero-order valence-corrected chi connectivity index (χ0v) is 26.8. The van der Waals surface area contributed by atoms with Crippen LogP contribution in [0.1, 0.15) is 69.9 Å². The van der Waals surface area contributed by atoms with Gasteiger partial charge in [-0.05, 0) is 55.5 Å². The van der Waals surface area contributed by atoms with Crippen LogP contribution in [0.5, 0.6) is 0 Å². The maximum absolute atomic E-state index is 13.7. The fraction of sp³-hybridized carbons (Fsp3) is 0.531. The molecule has 0 radical (unpaired) electrons. The number of hydrogen-bond donors (Lipinski definition) is 4. The summed E-state index contributed by atoms with van der Waals surface area (Å²) in [5.41, 5.74) is 12.4. The minimum absolute atomic E-state index is 0.0516. The monoisotopic (exact) mass is 628 g/mol. The van der Waals surface area contributed by atoms with Crippen LogP contribution in [0.2, 0.25) is 0 Å². The highest BCUT2D eigenvalue weighted by Crippen LogP contribution is 2.32. The first-order chi connectivity index (χ1) is 20.9. The molecule has 0 spiro atoms. The highest BCUT2D eigenvalue weighted by Gasteiger charge is 2.32. The van der Waals surface area contributed by atoms with E-state index in [0.717, 1.165) is 36.9 Å². The topological polar surface area (TPSA) is 171 Å². The molecule has 1 fully saturated rings. The number of nitrogens with two attached hydrogens (primary N) is 2. The first-order valence-corrected chi connectivity index (χ1v) is 16.8. The maximum atomic E-state index is 13.7. The van der Waals surface area contributed by atoms with E-state index in [1.807, 2.05) is 36.4 Å². The van der Waals surface area contributed by atoms with Gasteiger partial charge in [-0.2, -0.15) is 4.72 Å². The Morgan fingerprint density at radius 3 is 2.25 bits per heavy atom. The standard InChI is InChI=1S/C32H48N6O5S/c1-32(2,25-12-6-5-7-13-25)26-14-10-15-27(24-26)44(42,43)36-28(16-11-18-35-31(33)34)30(41)38-22-20-37(21-23-38)19-9-4-3-8-17-29(39)40/h5-7,10,12-15,24,28,36H,3-4,8-9,11,16-23H2,1-2H3,(H,39,40)(H4,33,34,35)/t28-/m0/s1. The van der Waals surface area contributed by atoms with Crippen LogP contribution in [-0.4, -0.2) is 86.5 Å². The number of sulfonamides is 1. The van der Waals surface area contributed by atoms with Crippen LogP contribution in [0.4, 0.5) is 0 Å². The van der Waals surface area contributed by atoms with E-state index in [-0.39, 0.29) is 36.1 Å². The number of carboxylic acid groups (broad SMARTS) is 1. The molecule has 3 rings (SSSR count). The highest BCUT2D eigenvalue weighted by molar-refractivity contribution is 7.89. The van der Waals surface area contributed by atoms with Crippen molar-refractivity contribution in [3.8, 4) is 0 Å². The van der Waals surface area contributed by atoms with Crippen molar-refractivity contribution in [1.29, 1.82) is 0 Å². The van der Waals surface area contributed by atoms with Gasteiger partial charge in [0, 0.05) is 44.6 Å². The lowest BCUT2D eigenvalue weighted by Crippen LogP contribution is -2.55. The minimum atomic E-state index is -4.03. The van der Waals surface area contributed by atoms with Gasteiger partial charge in [0.2, 0.25) is 15.9 Å². The number of aliphatic imine (C=N–C) groups is 1. The fourth-order valence-electron chi connectivity index (χ4n) is 5.44. The Hall–Kier alpha value is -3.48. The molecule has 0 aromatic heterocycles. The number of nitrogens with zero attached hydrogens (tertiary/aromatic N) is 3. The minimum Gasteiger partial charge on any atom is -0.481 e. The van der Waals surface area contributed by atoms with Crippen LogP contribution in [0.3, 0.4) is 0 Å². The zero-order valence-electron chi connectivity index (χ0n) is 26.0. The van der Waals surface area contributed by atoms with E-state index in [1.54, 1.807) is 23.1 Å². The molecule has 1 saturated heterocycles. The molecule has 6 N–H and O–H groups in total. The number of piperazine rings is 1. The predicted octanol–water partition coefficient (Wildman–Crippen LogP) is 2.89. The quantitative estimate of drug-likeness (QED) is 0.118. The summed E-state index contributed by atoms with van der Waals surface area (Å²) >= 11 is 0. The number of rotatable bonds is 17. The Morgan fingerprint density at radius 2 is 1.59 bits per heavy atom. The van der Waals surface area contributed by atoms with Gasteiger partial charge in [-0.1, -0.05) is 69.2 Å². The number of hydrogen-bond acceptors (Lipinski definition) is 6. The number of carbonyl (C=O) groups excluding carboxylic acids is 1. The van der Waals surface area contributed by atoms with Gasteiger partial charge in [0.25, 0.3) is 0 Å². The third-order valence-corrected chi connectivity index (χ3v) is 9.67. The van der Waals surface area contributed by atoms with Crippen molar-refractivity contribution in [2.24, 2.45) is 16.5 Å². The summed E-state index contributed by atoms with van der Waals surface area (Å²) in [5, 5.41) is 8.77. The lowest BCUT2D eigenvalue weighted by atomic mass is 9.78. The molecule has 1 aliphatic heterocycles. The van der Waals surface area contributed by atoms with Crippen molar-refractivity contribution < 1.29 is 23.1 Å². The Bertz CT molecular complexity index is 1350. The molecular formula is C32H48N6O5S. The maximum Gasteiger partial charge on any atom is 0.303 e. The number of guanidine groups is 1. The summed E-state index contributed by atoms with van der Waals surface area (Å²) in [6, 6.07) is 15.8. The molecule has 1 atom stereocenters. The molecule has 0 bridgehead atoms. The van der Waals surface area contributed by atoms with Crippen molar-refractivity contribution in [2.45, 2.75) is 75.1 Å². The molecular weight excluding hydrogens is 580 g/mol. The lowest BCUT2D eigenvalue weighted by Gasteiger charge is -2.36. The van der Waals surface area contributed by atoms with Gasteiger partial charge in [0.05, 0.1) is 4.90 Å². The van der Waals surface area contributed by atoms with Crippen LogP contribution >= 0.6 is 0 Å². The number of benzene rings is 2. The van der Waals surface area contributed by atoms with Crippen molar-refractivity contribution in [3.63, 3.8) is 0 Å². The number of aliphatic carboxylic acids is 1. The van der Waals surface area contributed by atoms with E-state index in [0.29, 0.717) is 39.0 Å². The van der Waals surface area contributed by atoms with Crippen LogP contribution in [0.15, 0.2) is 64.5 Å². The SMILES string of the molecule is CC(C)(c1ccccc1)c1cccc(S(=O)(=O)N[C@@H](CCCN=C(N)N)C(=O)N2CCN(CCCCCCC(=O)O)CC2)c1. The van der Waals surface area contributed by atoms with Crippen molar-refractivity contribution in [1.82, 2.24) is 14.5 Å². The number of carbonyl (C=O) groups is 2. The third kappa shape index (κ3) is 10.6. The molecule has 0 unspecified atom stereocenters. The van der Waals surface area contributed by atoms with E-state index < -0.39 is 27.4 Å². The first-order valence-electron chi connectivity index (χ1n) is 15.4. The summed E-state index contributed by atoms with van der Waals surface area (Å²) in [5.74, 6) is -1.07. The number of amides is 1. The third-order valence-electron chi connectivity index (χ3n) is 8.20. The van der Waals surface area contributed by atoms with Gasteiger partial charge in [-0.3, -0.25) is 19.5 Å². The Morgan fingerprint density at radius 1 is 0.932 bits per heavy atom. The van der Waals surface area contributed by atoms with Gasteiger partial charge < -0.3 is 21.5 Å². The smallest absolute Gasteiger partial charge is 0.303 e.